The molecule has 4 heteroatoms. The second-order valence-electron chi connectivity index (χ2n) is 6.38. The first kappa shape index (κ1) is 17.5. The van der Waals surface area contributed by atoms with Gasteiger partial charge in [0, 0.05) is 25.2 Å². The van der Waals surface area contributed by atoms with Gasteiger partial charge in [0.15, 0.2) is 0 Å². The van der Waals surface area contributed by atoms with Crippen molar-refractivity contribution in [1.29, 1.82) is 0 Å². The van der Waals surface area contributed by atoms with Gasteiger partial charge in [-0.05, 0) is 37.0 Å². The van der Waals surface area contributed by atoms with E-state index < -0.39 is 0 Å². The lowest BCUT2D eigenvalue weighted by Gasteiger charge is -2.16. The van der Waals surface area contributed by atoms with Crippen molar-refractivity contribution in [3.63, 3.8) is 0 Å². The molecule has 0 bridgehead atoms. The zero-order valence-electron chi connectivity index (χ0n) is 14.3. The fourth-order valence-corrected chi connectivity index (χ4v) is 2.89. The molecule has 1 fully saturated rings. The number of rotatable bonds is 8. The van der Waals surface area contributed by atoms with E-state index in [1.165, 1.54) is 18.4 Å². The summed E-state index contributed by atoms with van der Waals surface area (Å²) in [6.07, 6.45) is 5.84. The van der Waals surface area contributed by atoms with E-state index in [0.717, 1.165) is 31.5 Å². The highest BCUT2D eigenvalue weighted by Crippen LogP contribution is 2.21. The van der Waals surface area contributed by atoms with Crippen LogP contribution in [0.2, 0.25) is 0 Å². The molecule has 1 heterocycles. The third kappa shape index (κ3) is 5.08. The fraction of sp³-hybridized carbons (Fsp3) is 0.579. The Morgan fingerprint density at radius 3 is 2.52 bits per heavy atom. The number of aryl methyl sites for hydroxylation is 1. The molecule has 0 aliphatic carbocycles. The van der Waals surface area contributed by atoms with Crippen LogP contribution in [0.5, 0.6) is 0 Å². The van der Waals surface area contributed by atoms with Crippen molar-refractivity contribution in [2.45, 2.75) is 52.4 Å². The van der Waals surface area contributed by atoms with Crippen LogP contribution in [-0.2, 0) is 16.0 Å². The van der Waals surface area contributed by atoms with Crippen LogP contribution in [0.25, 0.3) is 0 Å². The van der Waals surface area contributed by atoms with Gasteiger partial charge in [-0.1, -0.05) is 38.8 Å². The number of nitrogens with zero attached hydrogens (tertiary/aromatic N) is 1. The standard InChI is InChI=1S/C19H28N2O2/c1-3-5-7-15-8-10-17(11-9-15)20-19(23)16-13-18(22)21(14-16)12-6-4-2/h8-11,16H,3-7,12-14H2,1-2H3,(H,20,23)/t16-/m1/s1. The summed E-state index contributed by atoms with van der Waals surface area (Å²) in [6, 6.07) is 8.04. The molecule has 4 nitrogen and oxygen atoms in total. The Labute approximate surface area is 139 Å². The molecule has 2 amide bonds. The van der Waals surface area contributed by atoms with Gasteiger partial charge in [0.25, 0.3) is 0 Å². The molecule has 0 saturated carbocycles. The number of hydrogen-bond acceptors (Lipinski definition) is 2. The van der Waals surface area contributed by atoms with Crippen LogP contribution in [-0.4, -0.2) is 29.8 Å². The normalized spacial score (nSPS) is 17.6. The maximum atomic E-state index is 12.3. The number of carbonyl (C=O) groups is 2. The van der Waals surface area contributed by atoms with E-state index in [-0.39, 0.29) is 17.7 Å². The van der Waals surface area contributed by atoms with Crippen LogP contribution in [0, 0.1) is 5.92 Å². The molecule has 1 N–H and O–H groups in total. The lowest BCUT2D eigenvalue weighted by atomic mass is 10.1. The third-order valence-electron chi connectivity index (χ3n) is 4.41. The van der Waals surface area contributed by atoms with E-state index in [1.807, 2.05) is 17.0 Å². The van der Waals surface area contributed by atoms with Gasteiger partial charge in [-0.15, -0.1) is 0 Å². The van der Waals surface area contributed by atoms with Crippen LogP contribution in [0.3, 0.4) is 0 Å². The van der Waals surface area contributed by atoms with E-state index in [4.69, 9.17) is 0 Å². The topological polar surface area (TPSA) is 49.4 Å². The minimum absolute atomic E-state index is 0.0429. The van der Waals surface area contributed by atoms with Crippen molar-refractivity contribution in [3.8, 4) is 0 Å². The van der Waals surface area contributed by atoms with Gasteiger partial charge in [-0.2, -0.15) is 0 Å². The lowest BCUT2D eigenvalue weighted by molar-refractivity contribution is -0.128. The number of unbranched alkanes of at least 4 members (excludes halogenated alkanes) is 2. The first-order valence-corrected chi connectivity index (χ1v) is 8.81. The van der Waals surface area contributed by atoms with E-state index in [9.17, 15) is 9.59 Å². The summed E-state index contributed by atoms with van der Waals surface area (Å²) in [5.74, 6) is -0.161. The molecule has 126 valence electrons. The molecule has 0 spiro atoms. The number of hydrogen-bond donors (Lipinski definition) is 1. The van der Waals surface area contributed by atoms with E-state index in [0.29, 0.717) is 13.0 Å². The predicted octanol–water partition coefficient (Wildman–Crippen LogP) is 3.62. The number of carbonyl (C=O) groups excluding carboxylic acids is 2. The molecular weight excluding hydrogens is 288 g/mol. The summed E-state index contributed by atoms with van der Waals surface area (Å²) in [7, 11) is 0. The molecule has 2 rings (SSSR count). The van der Waals surface area contributed by atoms with Crippen LogP contribution in [0.15, 0.2) is 24.3 Å². The molecule has 1 saturated heterocycles. The van der Waals surface area contributed by atoms with Gasteiger partial charge in [-0.3, -0.25) is 9.59 Å². The minimum Gasteiger partial charge on any atom is -0.342 e. The maximum absolute atomic E-state index is 12.3. The molecule has 0 unspecified atom stereocenters. The highest BCUT2D eigenvalue weighted by Gasteiger charge is 2.33. The molecule has 1 atom stereocenters. The van der Waals surface area contributed by atoms with Gasteiger partial charge >= 0.3 is 0 Å². The molecule has 23 heavy (non-hydrogen) atoms. The highest BCUT2D eigenvalue weighted by atomic mass is 16.2. The summed E-state index contributed by atoms with van der Waals surface area (Å²) in [6.45, 7) is 5.61. The second-order valence-corrected chi connectivity index (χ2v) is 6.38. The van der Waals surface area contributed by atoms with Crippen molar-refractivity contribution in [2.24, 2.45) is 5.92 Å². The molecule has 0 radical (unpaired) electrons. The maximum Gasteiger partial charge on any atom is 0.229 e. The number of benzene rings is 1. The second kappa shape index (κ2) is 8.70. The Bertz CT molecular complexity index is 525. The number of nitrogens with one attached hydrogen (secondary N) is 1. The van der Waals surface area contributed by atoms with Gasteiger partial charge < -0.3 is 10.2 Å². The summed E-state index contributed by atoms with van der Waals surface area (Å²) < 4.78 is 0. The SMILES string of the molecule is CCCCc1ccc(NC(=O)[C@@H]2CC(=O)N(CCCC)C2)cc1. The van der Waals surface area contributed by atoms with Gasteiger partial charge in [0.05, 0.1) is 5.92 Å². The average molecular weight is 316 g/mol. The Kier molecular flexibility index (Phi) is 6.63. The Morgan fingerprint density at radius 2 is 1.87 bits per heavy atom. The van der Waals surface area contributed by atoms with E-state index in [2.05, 4.69) is 31.3 Å². The van der Waals surface area contributed by atoms with Gasteiger partial charge in [-0.25, -0.2) is 0 Å². The van der Waals surface area contributed by atoms with Crippen molar-refractivity contribution in [2.75, 3.05) is 18.4 Å². The smallest absolute Gasteiger partial charge is 0.229 e. The van der Waals surface area contributed by atoms with Crippen molar-refractivity contribution in [3.05, 3.63) is 29.8 Å². The fourth-order valence-electron chi connectivity index (χ4n) is 2.89. The molecule has 0 aromatic heterocycles. The summed E-state index contributed by atoms with van der Waals surface area (Å²) in [5.41, 5.74) is 2.11. The molecule has 1 aliphatic heterocycles. The number of anilines is 1. The van der Waals surface area contributed by atoms with Crippen LogP contribution in [0.4, 0.5) is 5.69 Å². The molecule has 1 aliphatic rings. The largest absolute Gasteiger partial charge is 0.342 e. The van der Waals surface area contributed by atoms with Gasteiger partial charge in [0.2, 0.25) is 11.8 Å². The Hall–Kier alpha value is -1.84. The first-order chi connectivity index (χ1) is 11.1. The zero-order valence-corrected chi connectivity index (χ0v) is 14.3. The minimum atomic E-state index is -0.223. The molecule has 1 aromatic rings. The third-order valence-corrected chi connectivity index (χ3v) is 4.41. The zero-order chi connectivity index (χ0) is 16.7. The Morgan fingerprint density at radius 1 is 1.17 bits per heavy atom. The van der Waals surface area contributed by atoms with Gasteiger partial charge in [0.1, 0.15) is 0 Å². The van der Waals surface area contributed by atoms with Crippen LogP contribution in [0.1, 0.15) is 51.5 Å². The first-order valence-electron chi connectivity index (χ1n) is 8.81. The van der Waals surface area contributed by atoms with Crippen molar-refractivity contribution >= 4 is 17.5 Å². The molecule has 1 aromatic carbocycles. The van der Waals surface area contributed by atoms with E-state index in [1.54, 1.807) is 0 Å². The highest BCUT2D eigenvalue weighted by molar-refractivity contribution is 5.97. The van der Waals surface area contributed by atoms with Crippen molar-refractivity contribution < 1.29 is 9.59 Å². The summed E-state index contributed by atoms with van der Waals surface area (Å²) >= 11 is 0. The monoisotopic (exact) mass is 316 g/mol. The van der Waals surface area contributed by atoms with Crippen LogP contribution < -0.4 is 5.32 Å². The van der Waals surface area contributed by atoms with Crippen molar-refractivity contribution in [1.82, 2.24) is 4.90 Å². The number of amides is 2. The quantitative estimate of drug-likeness (QED) is 0.796. The van der Waals surface area contributed by atoms with Crippen LogP contribution >= 0.6 is 0 Å². The number of likely N-dealkylation sites (tertiary alicyclic amines) is 1. The summed E-state index contributed by atoms with van der Waals surface area (Å²) in [4.78, 5) is 26.1. The Balaban J connectivity index is 1.86. The lowest BCUT2D eigenvalue weighted by Crippen LogP contribution is -2.29. The predicted molar refractivity (Wildman–Crippen MR) is 93.3 cm³/mol. The summed E-state index contributed by atoms with van der Waals surface area (Å²) in [5, 5.41) is 2.95. The average Bonchev–Trinajstić information content (AvgIpc) is 2.93. The molecular formula is C19H28N2O2. The van der Waals surface area contributed by atoms with E-state index >= 15 is 0 Å².